The highest BCUT2D eigenvalue weighted by molar-refractivity contribution is 6.31. The molecule has 0 amide bonds. The van der Waals surface area contributed by atoms with E-state index in [1.165, 1.54) is 23.3 Å². The Kier molecular flexibility index (Phi) is 4.94. The Morgan fingerprint density at radius 2 is 1.86 bits per heavy atom. The molecule has 0 spiro atoms. The first-order valence-corrected chi connectivity index (χ1v) is 9.73. The molecule has 0 radical (unpaired) electrons. The Bertz CT molecular complexity index is 1020. The van der Waals surface area contributed by atoms with E-state index in [-0.39, 0.29) is 11.9 Å². The second-order valence-electron chi connectivity index (χ2n) is 7.14. The van der Waals surface area contributed by atoms with Crippen LogP contribution in [-0.4, -0.2) is 16.5 Å². The zero-order valence-corrected chi connectivity index (χ0v) is 16.9. The van der Waals surface area contributed by atoms with Crippen LogP contribution in [0.3, 0.4) is 0 Å². The number of aromatic nitrogens is 2. The maximum absolute atomic E-state index is 13.2. The molecule has 2 aromatic carbocycles. The highest BCUT2D eigenvalue weighted by atomic mass is 35.5. The summed E-state index contributed by atoms with van der Waals surface area (Å²) in [4.78, 5) is 11.7. The van der Waals surface area contributed by atoms with Crippen LogP contribution in [0.25, 0.3) is 0 Å². The van der Waals surface area contributed by atoms with Crippen molar-refractivity contribution in [2.45, 2.75) is 33.2 Å². The molecule has 1 aromatic heterocycles. The number of hydrogen-bond donors (Lipinski definition) is 1. The van der Waals surface area contributed by atoms with Crippen LogP contribution >= 0.6 is 11.6 Å². The molecule has 4 rings (SSSR count). The summed E-state index contributed by atoms with van der Waals surface area (Å²) in [6, 6.07) is 12.4. The van der Waals surface area contributed by atoms with Gasteiger partial charge in [-0.2, -0.15) is 4.98 Å². The summed E-state index contributed by atoms with van der Waals surface area (Å²) in [5.41, 5.74) is 5.18. The first kappa shape index (κ1) is 18.7. The molecule has 28 heavy (non-hydrogen) atoms. The molecule has 1 unspecified atom stereocenters. The van der Waals surface area contributed by atoms with E-state index in [0.717, 1.165) is 40.8 Å². The van der Waals surface area contributed by atoms with E-state index in [4.69, 9.17) is 16.6 Å². The summed E-state index contributed by atoms with van der Waals surface area (Å²) in [5.74, 6) is 1.15. The fraction of sp³-hybridized carbons (Fsp3) is 0.273. The highest BCUT2D eigenvalue weighted by Crippen LogP contribution is 2.37. The Labute approximate surface area is 169 Å². The SMILES string of the molecule is Cc1nc(Nc2ccc(F)cc2)nc(N2CCc3c(Cl)cccc3C2C)c1C. The summed E-state index contributed by atoms with van der Waals surface area (Å²) in [6.07, 6.45) is 0.878. The van der Waals surface area contributed by atoms with Gasteiger partial charge in [0.1, 0.15) is 11.6 Å². The lowest BCUT2D eigenvalue weighted by molar-refractivity contribution is 0.614. The molecule has 6 heteroatoms. The molecule has 144 valence electrons. The van der Waals surface area contributed by atoms with Crippen molar-refractivity contribution < 1.29 is 4.39 Å². The zero-order valence-electron chi connectivity index (χ0n) is 16.1. The summed E-state index contributed by atoms with van der Waals surface area (Å²) >= 11 is 6.40. The van der Waals surface area contributed by atoms with Gasteiger partial charge in [-0.3, -0.25) is 0 Å². The van der Waals surface area contributed by atoms with Gasteiger partial charge in [-0.25, -0.2) is 9.37 Å². The molecule has 2 heterocycles. The van der Waals surface area contributed by atoms with Gasteiger partial charge in [0, 0.05) is 28.5 Å². The van der Waals surface area contributed by atoms with Gasteiger partial charge >= 0.3 is 0 Å². The standard InChI is InChI=1S/C22H22ClFN4/c1-13-14(2)25-22(26-17-9-7-16(24)8-10-17)27-21(13)28-12-11-19-18(15(28)3)5-4-6-20(19)23/h4-10,15H,11-12H2,1-3H3,(H,25,26,27). The van der Waals surface area contributed by atoms with E-state index in [9.17, 15) is 4.39 Å². The van der Waals surface area contributed by atoms with Crippen LogP contribution in [0.1, 0.15) is 35.3 Å². The third-order valence-electron chi connectivity index (χ3n) is 5.41. The van der Waals surface area contributed by atoms with Crippen LogP contribution in [0.15, 0.2) is 42.5 Å². The smallest absolute Gasteiger partial charge is 0.229 e. The topological polar surface area (TPSA) is 41.1 Å². The van der Waals surface area contributed by atoms with Crippen molar-refractivity contribution in [1.29, 1.82) is 0 Å². The fourth-order valence-corrected chi connectivity index (χ4v) is 4.00. The van der Waals surface area contributed by atoms with Crippen LogP contribution in [0.5, 0.6) is 0 Å². The lowest BCUT2D eigenvalue weighted by Gasteiger charge is -2.37. The Balaban J connectivity index is 1.69. The van der Waals surface area contributed by atoms with Gasteiger partial charge in [-0.15, -0.1) is 0 Å². The molecule has 1 atom stereocenters. The van der Waals surface area contributed by atoms with Crippen LogP contribution in [0, 0.1) is 19.7 Å². The summed E-state index contributed by atoms with van der Waals surface area (Å²) in [5, 5.41) is 4.02. The number of halogens is 2. The maximum Gasteiger partial charge on any atom is 0.229 e. The van der Waals surface area contributed by atoms with Crippen LogP contribution < -0.4 is 10.2 Å². The molecule has 0 aliphatic carbocycles. The molecule has 0 saturated heterocycles. The van der Waals surface area contributed by atoms with Gasteiger partial charge in [0.15, 0.2) is 0 Å². The number of hydrogen-bond acceptors (Lipinski definition) is 4. The first-order chi connectivity index (χ1) is 13.4. The highest BCUT2D eigenvalue weighted by Gasteiger charge is 2.28. The number of aryl methyl sites for hydroxylation is 1. The summed E-state index contributed by atoms with van der Waals surface area (Å²) in [6.45, 7) is 7.05. The third kappa shape index (κ3) is 3.42. The molecule has 4 nitrogen and oxygen atoms in total. The van der Waals surface area contributed by atoms with Gasteiger partial charge in [0.2, 0.25) is 5.95 Å². The lowest BCUT2D eigenvalue weighted by atomic mass is 9.93. The second kappa shape index (κ2) is 7.40. The van der Waals surface area contributed by atoms with E-state index in [1.54, 1.807) is 12.1 Å². The number of benzene rings is 2. The number of nitrogens with one attached hydrogen (secondary N) is 1. The van der Waals surface area contributed by atoms with E-state index < -0.39 is 0 Å². The molecule has 0 bridgehead atoms. The van der Waals surface area contributed by atoms with Crippen LogP contribution in [0.4, 0.5) is 21.8 Å². The minimum atomic E-state index is -0.272. The number of anilines is 3. The van der Waals surface area contributed by atoms with Gasteiger partial charge in [0.05, 0.1) is 6.04 Å². The molecule has 3 aromatic rings. The van der Waals surface area contributed by atoms with E-state index in [0.29, 0.717) is 5.95 Å². The second-order valence-corrected chi connectivity index (χ2v) is 7.55. The molecule has 1 aliphatic rings. The number of rotatable bonds is 3. The summed E-state index contributed by atoms with van der Waals surface area (Å²) < 4.78 is 13.2. The fourth-order valence-electron chi connectivity index (χ4n) is 3.73. The van der Waals surface area contributed by atoms with Crippen molar-refractivity contribution in [2.24, 2.45) is 0 Å². The first-order valence-electron chi connectivity index (χ1n) is 9.36. The Morgan fingerprint density at radius 1 is 1.11 bits per heavy atom. The van der Waals surface area contributed by atoms with Gasteiger partial charge in [-0.05, 0) is 68.7 Å². The molecular formula is C22H22ClFN4. The van der Waals surface area contributed by atoms with Gasteiger partial charge < -0.3 is 10.2 Å². The van der Waals surface area contributed by atoms with Crippen molar-refractivity contribution in [1.82, 2.24) is 9.97 Å². The average Bonchev–Trinajstić information content (AvgIpc) is 2.68. The minimum Gasteiger partial charge on any atom is -0.349 e. The molecule has 1 N–H and O–H groups in total. The average molecular weight is 397 g/mol. The predicted molar refractivity (Wildman–Crippen MR) is 112 cm³/mol. The monoisotopic (exact) mass is 396 g/mol. The molecule has 1 aliphatic heterocycles. The van der Waals surface area contributed by atoms with Crippen LogP contribution in [-0.2, 0) is 6.42 Å². The quantitative estimate of drug-likeness (QED) is 0.611. The van der Waals surface area contributed by atoms with Crippen LogP contribution in [0.2, 0.25) is 5.02 Å². The third-order valence-corrected chi connectivity index (χ3v) is 5.77. The summed E-state index contributed by atoms with van der Waals surface area (Å²) in [7, 11) is 0. The number of nitrogens with zero attached hydrogens (tertiary/aromatic N) is 3. The molecular weight excluding hydrogens is 375 g/mol. The van der Waals surface area contributed by atoms with Crippen molar-refractivity contribution in [3.63, 3.8) is 0 Å². The van der Waals surface area contributed by atoms with E-state index >= 15 is 0 Å². The zero-order chi connectivity index (χ0) is 19.8. The Morgan fingerprint density at radius 3 is 2.61 bits per heavy atom. The molecule has 0 saturated carbocycles. The number of fused-ring (bicyclic) bond motifs is 1. The van der Waals surface area contributed by atoms with Gasteiger partial charge in [-0.1, -0.05) is 23.7 Å². The van der Waals surface area contributed by atoms with Crippen molar-refractivity contribution in [2.75, 3.05) is 16.8 Å². The van der Waals surface area contributed by atoms with E-state index in [1.807, 2.05) is 26.0 Å². The molecule has 0 fully saturated rings. The lowest BCUT2D eigenvalue weighted by Crippen LogP contribution is -2.35. The van der Waals surface area contributed by atoms with E-state index in [2.05, 4.69) is 28.2 Å². The maximum atomic E-state index is 13.2. The normalized spacial score (nSPS) is 16.0. The van der Waals surface area contributed by atoms with Crippen molar-refractivity contribution in [3.05, 3.63) is 75.7 Å². The van der Waals surface area contributed by atoms with Gasteiger partial charge in [0.25, 0.3) is 0 Å². The largest absolute Gasteiger partial charge is 0.349 e. The van der Waals surface area contributed by atoms with Crippen molar-refractivity contribution >= 4 is 29.1 Å². The minimum absolute atomic E-state index is 0.161. The van der Waals surface area contributed by atoms with Crippen molar-refractivity contribution in [3.8, 4) is 0 Å². The Hall–Kier alpha value is -2.66. The predicted octanol–water partition coefficient (Wildman–Crippen LogP) is 5.75.